The van der Waals surface area contributed by atoms with Crippen molar-refractivity contribution >= 4 is 18.7 Å². The van der Waals surface area contributed by atoms with Crippen LogP contribution in [0.15, 0.2) is 30.3 Å². The van der Waals surface area contributed by atoms with E-state index in [4.69, 9.17) is 0 Å². The van der Waals surface area contributed by atoms with Crippen LogP contribution in [0.4, 0.5) is 0 Å². The van der Waals surface area contributed by atoms with Gasteiger partial charge in [-0.25, -0.2) is 0 Å². The first kappa shape index (κ1) is 12.7. The highest BCUT2D eigenvalue weighted by atomic mass is 31.0. The van der Waals surface area contributed by atoms with Crippen LogP contribution in [0.25, 0.3) is 10.5 Å². The van der Waals surface area contributed by atoms with E-state index in [2.05, 4.69) is 37.3 Å². The van der Waals surface area contributed by atoms with E-state index < -0.39 is 0 Å². The summed E-state index contributed by atoms with van der Waals surface area (Å²) in [5, 5.41) is 4.68. The molecule has 17 heavy (non-hydrogen) atoms. The number of fused-ring (bicyclic) bond motifs is 1. The summed E-state index contributed by atoms with van der Waals surface area (Å²) < 4.78 is 0. The highest BCUT2D eigenvalue weighted by Crippen LogP contribution is 2.31. The van der Waals surface area contributed by atoms with Crippen LogP contribution >= 0.6 is 8.19 Å². The summed E-state index contributed by atoms with van der Waals surface area (Å²) in [5.41, 5.74) is 0. The lowest BCUT2D eigenvalue weighted by Gasteiger charge is -1.99. The molecular formula is C16H23P. The summed E-state index contributed by atoms with van der Waals surface area (Å²) in [6.07, 6.45) is 9.74. The number of unbranched alkanes of at least 4 members (excludes halogenated alkanes) is 5. The molecule has 1 unspecified atom stereocenters. The van der Waals surface area contributed by atoms with E-state index in [1.807, 2.05) is 0 Å². The monoisotopic (exact) mass is 246 g/mol. The average Bonchev–Trinajstić information content (AvgIpc) is 2.76. The molecule has 0 fully saturated rings. The maximum Gasteiger partial charge on any atom is -0.00156 e. The van der Waals surface area contributed by atoms with Gasteiger partial charge in [-0.3, -0.25) is 0 Å². The van der Waals surface area contributed by atoms with Gasteiger partial charge in [-0.2, -0.15) is 0 Å². The Morgan fingerprint density at radius 3 is 2.53 bits per heavy atom. The Labute approximate surface area is 107 Å². The van der Waals surface area contributed by atoms with E-state index in [1.54, 1.807) is 10.4 Å². The molecule has 0 saturated carbocycles. The third kappa shape index (κ3) is 3.89. The van der Waals surface area contributed by atoms with Crippen LogP contribution in [0.2, 0.25) is 0 Å². The Kier molecular flexibility index (Phi) is 5.13. The standard InChI is InChI=1S/C16H23P/c1-2-3-4-5-6-7-11-15-13-14-10-8-9-12-16(14)17-15/h8-10,12-13,17H,2-7,11H2,1H3. The maximum absolute atomic E-state index is 2.42. The number of aryl methyl sites for hydroxylation is 1. The summed E-state index contributed by atoms with van der Waals surface area (Å²) in [4.78, 5) is 0. The molecule has 0 saturated heterocycles. The predicted octanol–water partition coefficient (Wildman–Crippen LogP) is 5.77. The lowest BCUT2D eigenvalue weighted by Crippen LogP contribution is -1.82. The van der Waals surface area contributed by atoms with Gasteiger partial charge in [0.15, 0.2) is 0 Å². The average molecular weight is 246 g/mol. The zero-order valence-corrected chi connectivity index (χ0v) is 11.8. The minimum atomic E-state index is 0.944. The highest BCUT2D eigenvalue weighted by Gasteiger charge is 1.99. The lowest BCUT2D eigenvalue weighted by atomic mass is 10.1. The highest BCUT2D eigenvalue weighted by molar-refractivity contribution is 7.38. The van der Waals surface area contributed by atoms with Crippen molar-refractivity contribution in [1.82, 2.24) is 0 Å². The van der Waals surface area contributed by atoms with Gasteiger partial charge >= 0.3 is 0 Å². The van der Waals surface area contributed by atoms with E-state index in [1.165, 1.54) is 50.3 Å². The molecule has 0 nitrogen and oxygen atoms in total. The van der Waals surface area contributed by atoms with Crippen LogP contribution in [0.1, 0.15) is 50.7 Å². The molecule has 0 bridgehead atoms. The van der Waals surface area contributed by atoms with E-state index in [0.29, 0.717) is 0 Å². The number of hydrogen-bond donors (Lipinski definition) is 0. The van der Waals surface area contributed by atoms with Gasteiger partial charge in [0.2, 0.25) is 0 Å². The molecule has 1 aromatic heterocycles. The minimum Gasteiger partial charge on any atom is -0.128 e. The number of benzene rings is 1. The van der Waals surface area contributed by atoms with E-state index in [0.717, 1.165) is 8.19 Å². The van der Waals surface area contributed by atoms with Crippen molar-refractivity contribution in [3.63, 3.8) is 0 Å². The molecule has 1 atom stereocenters. The second kappa shape index (κ2) is 6.87. The Morgan fingerprint density at radius 2 is 1.71 bits per heavy atom. The zero-order valence-electron chi connectivity index (χ0n) is 10.8. The molecule has 0 aliphatic heterocycles. The van der Waals surface area contributed by atoms with E-state index in [9.17, 15) is 0 Å². The third-order valence-electron chi connectivity index (χ3n) is 3.39. The smallest absolute Gasteiger partial charge is 0.00156 e. The molecule has 92 valence electrons. The van der Waals surface area contributed by atoms with Crippen LogP contribution in [0.5, 0.6) is 0 Å². The number of rotatable bonds is 7. The first-order chi connectivity index (χ1) is 8.40. The fraction of sp³-hybridized carbons (Fsp3) is 0.500. The first-order valence-corrected chi connectivity index (χ1v) is 7.97. The number of hydrogen-bond acceptors (Lipinski definition) is 0. The van der Waals surface area contributed by atoms with Crippen molar-refractivity contribution in [3.05, 3.63) is 35.6 Å². The Balaban J connectivity index is 1.75. The van der Waals surface area contributed by atoms with Gasteiger partial charge in [-0.15, -0.1) is 8.19 Å². The van der Waals surface area contributed by atoms with Gasteiger partial charge in [0.05, 0.1) is 0 Å². The molecular weight excluding hydrogens is 223 g/mol. The van der Waals surface area contributed by atoms with Crippen LogP contribution < -0.4 is 0 Å². The van der Waals surface area contributed by atoms with Crippen molar-refractivity contribution in [3.8, 4) is 0 Å². The summed E-state index contributed by atoms with van der Waals surface area (Å²) in [7, 11) is 0.944. The molecule has 0 amide bonds. The quantitative estimate of drug-likeness (QED) is 0.544. The van der Waals surface area contributed by atoms with E-state index >= 15 is 0 Å². The van der Waals surface area contributed by atoms with Crippen LogP contribution in [0.3, 0.4) is 0 Å². The van der Waals surface area contributed by atoms with Crippen molar-refractivity contribution in [2.75, 3.05) is 0 Å². The normalized spacial score (nSPS) is 11.6. The lowest BCUT2D eigenvalue weighted by molar-refractivity contribution is 0.609. The second-order valence-corrected chi connectivity index (χ2v) is 6.33. The molecule has 0 aliphatic carbocycles. The van der Waals surface area contributed by atoms with Crippen LogP contribution in [-0.2, 0) is 6.42 Å². The first-order valence-electron chi connectivity index (χ1n) is 6.97. The van der Waals surface area contributed by atoms with Crippen LogP contribution in [0, 0.1) is 0 Å². The summed E-state index contributed by atoms with van der Waals surface area (Å²) in [6, 6.07) is 11.2. The summed E-state index contributed by atoms with van der Waals surface area (Å²) >= 11 is 0. The molecule has 1 heterocycles. The summed E-state index contributed by atoms with van der Waals surface area (Å²) in [5.74, 6) is 0. The topological polar surface area (TPSA) is 0 Å². The molecule has 2 aromatic rings. The van der Waals surface area contributed by atoms with Crippen molar-refractivity contribution in [2.45, 2.75) is 51.9 Å². The molecule has 0 aliphatic rings. The summed E-state index contributed by atoms with van der Waals surface area (Å²) in [6.45, 7) is 2.28. The second-order valence-electron chi connectivity index (χ2n) is 4.90. The molecule has 0 spiro atoms. The van der Waals surface area contributed by atoms with Gasteiger partial charge < -0.3 is 0 Å². The SMILES string of the molecule is CCCCCCCCc1cc2ccccc2[pH]1. The predicted molar refractivity (Wildman–Crippen MR) is 80.5 cm³/mol. The van der Waals surface area contributed by atoms with Gasteiger partial charge in [-0.1, -0.05) is 63.3 Å². The van der Waals surface area contributed by atoms with Gasteiger partial charge in [0.25, 0.3) is 0 Å². The Bertz CT molecular complexity index is 408. The van der Waals surface area contributed by atoms with E-state index in [-0.39, 0.29) is 0 Å². The largest absolute Gasteiger partial charge is 0.128 e. The third-order valence-corrected chi connectivity index (χ3v) is 4.83. The van der Waals surface area contributed by atoms with Crippen molar-refractivity contribution < 1.29 is 0 Å². The maximum atomic E-state index is 2.42. The zero-order chi connectivity index (χ0) is 11.9. The minimum absolute atomic E-state index is 0.944. The van der Waals surface area contributed by atoms with Crippen molar-refractivity contribution in [2.24, 2.45) is 0 Å². The fourth-order valence-corrected chi connectivity index (χ4v) is 3.72. The molecule has 0 N–H and O–H groups in total. The molecule has 1 heteroatoms. The van der Waals surface area contributed by atoms with Gasteiger partial charge in [0.1, 0.15) is 0 Å². The fourth-order valence-electron chi connectivity index (χ4n) is 2.36. The van der Waals surface area contributed by atoms with Crippen molar-refractivity contribution in [1.29, 1.82) is 0 Å². The Morgan fingerprint density at radius 1 is 0.941 bits per heavy atom. The molecule has 2 rings (SSSR count). The van der Waals surface area contributed by atoms with Crippen LogP contribution in [-0.4, -0.2) is 0 Å². The van der Waals surface area contributed by atoms with Gasteiger partial charge in [0, 0.05) is 0 Å². The van der Waals surface area contributed by atoms with Gasteiger partial charge in [-0.05, 0) is 34.7 Å². The molecule has 0 radical (unpaired) electrons. The Hall–Kier alpha value is -0.740. The molecule has 1 aromatic carbocycles.